The molecular formula is C11H7BrCl2FN3O. The maximum Gasteiger partial charge on any atom is 0.232 e. The van der Waals surface area contributed by atoms with Crippen molar-refractivity contribution in [2.75, 3.05) is 12.4 Å². The Morgan fingerprint density at radius 1 is 1.32 bits per heavy atom. The van der Waals surface area contributed by atoms with Crippen molar-refractivity contribution < 1.29 is 9.13 Å². The van der Waals surface area contributed by atoms with E-state index < -0.39 is 5.82 Å². The normalized spacial score (nSPS) is 10.4. The molecule has 1 aromatic heterocycles. The number of ether oxygens (including phenoxy) is 1. The Hall–Kier alpha value is -1.11. The first-order valence-corrected chi connectivity index (χ1v) is 6.54. The van der Waals surface area contributed by atoms with E-state index >= 15 is 0 Å². The van der Waals surface area contributed by atoms with Gasteiger partial charge in [-0.15, -0.1) is 0 Å². The molecule has 2 aromatic rings. The average Bonchev–Trinajstić information content (AvgIpc) is 2.35. The Balaban J connectivity index is 2.36. The van der Waals surface area contributed by atoms with E-state index in [1.54, 1.807) is 0 Å². The summed E-state index contributed by atoms with van der Waals surface area (Å²) in [5.41, 5.74) is 0.328. The second-order valence-electron chi connectivity index (χ2n) is 3.42. The zero-order valence-electron chi connectivity index (χ0n) is 9.55. The largest absolute Gasteiger partial charge is 0.480 e. The molecule has 0 amide bonds. The van der Waals surface area contributed by atoms with Crippen molar-refractivity contribution in [2.24, 2.45) is 0 Å². The monoisotopic (exact) mass is 365 g/mol. The molecule has 0 aliphatic carbocycles. The summed E-state index contributed by atoms with van der Waals surface area (Å²) in [4.78, 5) is 8.12. The van der Waals surface area contributed by atoms with Crippen molar-refractivity contribution in [1.82, 2.24) is 9.97 Å². The third kappa shape index (κ3) is 3.26. The average molecular weight is 367 g/mol. The zero-order valence-corrected chi connectivity index (χ0v) is 12.6. The van der Waals surface area contributed by atoms with Crippen LogP contribution in [0.4, 0.5) is 16.0 Å². The molecular weight excluding hydrogens is 360 g/mol. The molecule has 0 aliphatic rings. The minimum atomic E-state index is -0.519. The Kier molecular flexibility index (Phi) is 4.44. The Bertz CT molecular complexity index is 604. The summed E-state index contributed by atoms with van der Waals surface area (Å²) in [6, 6.07) is 2.29. The summed E-state index contributed by atoms with van der Waals surface area (Å²) in [5.74, 6) is 0.0668. The second-order valence-corrected chi connectivity index (χ2v) is 5.09. The number of methoxy groups -OCH3 is 1. The fourth-order valence-electron chi connectivity index (χ4n) is 1.33. The second kappa shape index (κ2) is 5.90. The van der Waals surface area contributed by atoms with Crippen LogP contribution in [0, 0.1) is 5.82 Å². The molecule has 0 bridgehead atoms. The third-order valence-corrected chi connectivity index (χ3v) is 3.29. The number of benzene rings is 1. The lowest BCUT2D eigenvalue weighted by Crippen LogP contribution is -2.00. The van der Waals surface area contributed by atoms with Gasteiger partial charge in [-0.2, -0.15) is 4.98 Å². The fraction of sp³-hybridized carbons (Fsp3) is 0.0909. The van der Waals surface area contributed by atoms with Gasteiger partial charge >= 0.3 is 0 Å². The maximum absolute atomic E-state index is 13.1. The van der Waals surface area contributed by atoms with Crippen LogP contribution in [-0.2, 0) is 0 Å². The Labute approximate surface area is 127 Å². The number of nitrogens with zero attached hydrogens (tertiary/aromatic N) is 2. The summed E-state index contributed by atoms with van der Waals surface area (Å²) in [6.07, 6.45) is 1.51. The summed E-state index contributed by atoms with van der Waals surface area (Å²) in [7, 11) is 1.48. The minimum absolute atomic E-state index is 0.135. The summed E-state index contributed by atoms with van der Waals surface area (Å²) >= 11 is 15.0. The fourth-order valence-corrected chi connectivity index (χ4v) is 2.24. The molecule has 1 N–H and O–H groups in total. The van der Waals surface area contributed by atoms with Gasteiger partial charge in [0, 0.05) is 0 Å². The molecule has 8 heteroatoms. The van der Waals surface area contributed by atoms with Crippen molar-refractivity contribution >= 4 is 50.8 Å². The molecule has 0 saturated heterocycles. The predicted octanol–water partition coefficient (Wildman–Crippen LogP) is 4.44. The molecule has 0 atom stereocenters. The molecule has 1 heterocycles. The van der Waals surface area contributed by atoms with E-state index in [1.165, 1.54) is 13.3 Å². The molecule has 0 radical (unpaired) electrons. The number of anilines is 2. The molecule has 0 fully saturated rings. The lowest BCUT2D eigenvalue weighted by Gasteiger charge is -2.10. The number of hydrogen-bond donors (Lipinski definition) is 1. The van der Waals surface area contributed by atoms with E-state index in [0.717, 1.165) is 12.1 Å². The molecule has 2 rings (SSSR count). The van der Waals surface area contributed by atoms with Gasteiger partial charge in [-0.3, -0.25) is 0 Å². The number of rotatable bonds is 3. The van der Waals surface area contributed by atoms with Crippen molar-refractivity contribution in [3.63, 3.8) is 0 Å². The van der Waals surface area contributed by atoms with E-state index in [1.807, 2.05) is 0 Å². The van der Waals surface area contributed by atoms with Crippen LogP contribution in [0.3, 0.4) is 0 Å². The highest BCUT2D eigenvalue weighted by Crippen LogP contribution is 2.33. The first-order valence-electron chi connectivity index (χ1n) is 4.99. The molecule has 1 aromatic carbocycles. The quantitative estimate of drug-likeness (QED) is 0.872. The van der Waals surface area contributed by atoms with Gasteiger partial charge < -0.3 is 10.1 Å². The van der Waals surface area contributed by atoms with Crippen molar-refractivity contribution in [1.29, 1.82) is 0 Å². The van der Waals surface area contributed by atoms with Crippen LogP contribution < -0.4 is 10.1 Å². The first-order chi connectivity index (χ1) is 9.01. The molecule has 0 aliphatic heterocycles. The van der Waals surface area contributed by atoms with Crippen LogP contribution in [0.15, 0.2) is 22.8 Å². The van der Waals surface area contributed by atoms with Crippen LogP contribution in [0.1, 0.15) is 0 Å². The van der Waals surface area contributed by atoms with E-state index in [4.69, 9.17) is 27.9 Å². The summed E-state index contributed by atoms with van der Waals surface area (Å²) < 4.78 is 18.7. The summed E-state index contributed by atoms with van der Waals surface area (Å²) in [6.45, 7) is 0. The van der Waals surface area contributed by atoms with Gasteiger partial charge in [-0.05, 0) is 28.1 Å². The van der Waals surface area contributed by atoms with Crippen LogP contribution in [0.25, 0.3) is 0 Å². The topological polar surface area (TPSA) is 47.0 Å². The van der Waals surface area contributed by atoms with E-state index in [-0.39, 0.29) is 16.0 Å². The van der Waals surface area contributed by atoms with Crippen molar-refractivity contribution in [3.05, 3.63) is 38.7 Å². The van der Waals surface area contributed by atoms with Gasteiger partial charge in [0.05, 0.1) is 33.5 Å². The lowest BCUT2D eigenvalue weighted by atomic mass is 10.3. The molecule has 0 saturated carbocycles. The van der Waals surface area contributed by atoms with E-state index in [2.05, 4.69) is 31.2 Å². The SMILES string of the molecule is COc1nc(Nc2c(Cl)cc(F)cc2Cl)ncc1Br. The lowest BCUT2D eigenvalue weighted by molar-refractivity contribution is 0.394. The molecule has 19 heavy (non-hydrogen) atoms. The highest BCUT2D eigenvalue weighted by atomic mass is 79.9. The number of halogens is 4. The van der Waals surface area contributed by atoms with E-state index in [0.29, 0.717) is 16.0 Å². The van der Waals surface area contributed by atoms with Gasteiger partial charge in [-0.25, -0.2) is 9.37 Å². The van der Waals surface area contributed by atoms with Crippen LogP contribution in [0.2, 0.25) is 10.0 Å². The smallest absolute Gasteiger partial charge is 0.232 e. The third-order valence-electron chi connectivity index (χ3n) is 2.15. The molecule has 4 nitrogen and oxygen atoms in total. The molecule has 0 unspecified atom stereocenters. The standard InChI is InChI=1S/C11H7BrCl2FN3O/c1-19-10-6(12)4-16-11(18-10)17-9-7(13)2-5(15)3-8(9)14/h2-4H,1H3,(H,16,17,18). The van der Waals surface area contributed by atoms with Gasteiger partial charge in [-0.1, -0.05) is 23.2 Å². The Morgan fingerprint density at radius 3 is 2.53 bits per heavy atom. The first kappa shape index (κ1) is 14.3. The highest BCUT2D eigenvalue weighted by Gasteiger charge is 2.11. The van der Waals surface area contributed by atoms with Gasteiger partial charge in [0.1, 0.15) is 5.82 Å². The number of aromatic nitrogens is 2. The highest BCUT2D eigenvalue weighted by molar-refractivity contribution is 9.10. The minimum Gasteiger partial charge on any atom is -0.480 e. The molecule has 0 spiro atoms. The van der Waals surface area contributed by atoms with Crippen LogP contribution in [0.5, 0.6) is 5.88 Å². The summed E-state index contributed by atoms with van der Waals surface area (Å²) in [5, 5.41) is 3.09. The zero-order chi connectivity index (χ0) is 14.0. The van der Waals surface area contributed by atoms with Gasteiger partial charge in [0.15, 0.2) is 0 Å². The maximum atomic E-state index is 13.1. The van der Waals surface area contributed by atoms with Gasteiger partial charge in [0.2, 0.25) is 11.8 Å². The van der Waals surface area contributed by atoms with E-state index in [9.17, 15) is 4.39 Å². The number of hydrogen-bond acceptors (Lipinski definition) is 4. The van der Waals surface area contributed by atoms with Crippen molar-refractivity contribution in [2.45, 2.75) is 0 Å². The predicted molar refractivity (Wildman–Crippen MR) is 76.0 cm³/mol. The van der Waals surface area contributed by atoms with Crippen LogP contribution in [-0.4, -0.2) is 17.1 Å². The Morgan fingerprint density at radius 2 is 1.95 bits per heavy atom. The van der Waals surface area contributed by atoms with Crippen molar-refractivity contribution in [3.8, 4) is 5.88 Å². The molecule has 100 valence electrons. The van der Waals surface area contributed by atoms with Gasteiger partial charge in [0.25, 0.3) is 0 Å². The van der Waals surface area contributed by atoms with Crippen LogP contribution >= 0.6 is 39.1 Å². The number of nitrogens with one attached hydrogen (secondary N) is 1.